The van der Waals surface area contributed by atoms with Gasteiger partial charge in [0.2, 0.25) is 5.91 Å². The fourth-order valence-electron chi connectivity index (χ4n) is 2.70. The molecule has 2 N–H and O–H groups in total. The van der Waals surface area contributed by atoms with Crippen LogP contribution in [0.5, 0.6) is 0 Å². The monoisotopic (exact) mass is 309 g/mol. The molecule has 1 amide bonds. The highest BCUT2D eigenvalue weighted by atomic mass is 79.9. The number of hydrogen-bond acceptors (Lipinski definition) is 3. The van der Waals surface area contributed by atoms with Crippen molar-refractivity contribution in [2.24, 2.45) is 0 Å². The third-order valence-electron chi connectivity index (χ3n) is 3.55. The van der Waals surface area contributed by atoms with E-state index in [1.165, 1.54) is 0 Å². The van der Waals surface area contributed by atoms with Crippen molar-refractivity contribution in [1.29, 1.82) is 0 Å². The third-order valence-corrected chi connectivity index (χ3v) is 4.05. The summed E-state index contributed by atoms with van der Waals surface area (Å²) in [5.41, 5.74) is 2.04. The maximum Gasteiger partial charge on any atom is 0.246 e. The maximum absolute atomic E-state index is 12.2. The van der Waals surface area contributed by atoms with Gasteiger partial charge >= 0.3 is 0 Å². The molecule has 1 aromatic carbocycles. The van der Waals surface area contributed by atoms with Crippen LogP contribution in [0.4, 0.5) is 11.4 Å². The Morgan fingerprint density at radius 3 is 3.06 bits per heavy atom. The SMILES string of the molecule is O=C1CNc2ccc(Br)cc2N1C1CCCNC1. The molecule has 0 saturated carbocycles. The summed E-state index contributed by atoms with van der Waals surface area (Å²) in [6.07, 6.45) is 2.20. The molecular formula is C13H16BrN3O. The predicted molar refractivity (Wildman–Crippen MR) is 76.0 cm³/mol. The second-order valence-corrected chi connectivity index (χ2v) is 5.69. The highest BCUT2D eigenvalue weighted by Gasteiger charge is 2.31. The fraction of sp³-hybridized carbons (Fsp3) is 0.462. The van der Waals surface area contributed by atoms with E-state index >= 15 is 0 Å². The zero-order valence-corrected chi connectivity index (χ0v) is 11.7. The Labute approximate surface area is 115 Å². The number of nitrogens with zero attached hydrogens (tertiary/aromatic N) is 1. The largest absolute Gasteiger partial charge is 0.374 e. The van der Waals surface area contributed by atoms with Crippen molar-refractivity contribution in [2.75, 3.05) is 29.9 Å². The number of hydrogen-bond donors (Lipinski definition) is 2. The lowest BCUT2D eigenvalue weighted by Crippen LogP contribution is -2.52. The summed E-state index contributed by atoms with van der Waals surface area (Å²) in [7, 11) is 0. The zero-order chi connectivity index (χ0) is 12.5. The Morgan fingerprint density at radius 2 is 2.28 bits per heavy atom. The fourth-order valence-corrected chi connectivity index (χ4v) is 3.05. The summed E-state index contributed by atoms with van der Waals surface area (Å²) in [5, 5.41) is 6.55. The van der Waals surface area contributed by atoms with E-state index in [-0.39, 0.29) is 11.9 Å². The molecule has 2 heterocycles. The molecular weight excluding hydrogens is 294 g/mol. The average molecular weight is 310 g/mol. The van der Waals surface area contributed by atoms with Crippen LogP contribution in [-0.4, -0.2) is 31.6 Å². The Balaban J connectivity index is 1.97. The molecule has 3 rings (SSSR count). The number of amides is 1. The van der Waals surface area contributed by atoms with E-state index in [1.54, 1.807) is 0 Å². The molecule has 0 aliphatic carbocycles. The van der Waals surface area contributed by atoms with Crippen LogP contribution in [0.15, 0.2) is 22.7 Å². The van der Waals surface area contributed by atoms with E-state index in [9.17, 15) is 4.79 Å². The lowest BCUT2D eigenvalue weighted by molar-refractivity contribution is -0.117. The van der Waals surface area contributed by atoms with Crippen molar-refractivity contribution in [3.05, 3.63) is 22.7 Å². The first kappa shape index (κ1) is 12.0. The molecule has 18 heavy (non-hydrogen) atoms. The smallest absolute Gasteiger partial charge is 0.246 e. The van der Waals surface area contributed by atoms with E-state index < -0.39 is 0 Å². The third kappa shape index (κ3) is 2.12. The summed E-state index contributed by atoms with van der Waals surface area (Å²) in [4.78, 5) is 14.1. The van der Waals surface area contributed by atoms with Crippen molar-refractivity contribution in [2.45, 2.75) is 18.9 Å². The molecule has 5 heteroatoms. The quantitative estimate of drug-likeness (QED) is 0.833. The van der Waals surface area contributed by atoms with Crippen LogP contribution in [0.25, 0.3) is 0 Å². The normalized spacial score (nSPS) is 23.5. The minimum atomic E-state index is 0.161. The van der Waals surface area contributed by atoms with Gasteiger partial charge in [-0.3, -0.25) is 4.79 Å². The molecule has 1 saturated heterocycles. The summed E-state index contributed by atoms with van der Waals surface area (Å²) >= 11 is 3.48. The molecule has 2 aliphatic heterocycles. The van der Waals surface area contributed by atoms with E-state index in [4.69, 9.17) is 0 Å². The van der Waals surface area contributed by atoms with Gasteiger partial charge in [-0.25, -0.2) is 0 Å². The number of piperidine rings is 1. The van der Waals surface area contributed by atoms with Crippen LogP contribution >= 0.6 is 15.9 Å². The molecule has 1 unspecified atom stereocenters. The van der Waals surface area contributed by atoms with Crippen LogP contribution < -0.4 is 15.5 Å². The molecule has 1 atom stereocenters. The molecule has 0 bridgehead atoms. The topological polar surface area (TPSA) is 44.4 Å². The van der Waals surface area contributed by atoms with Crippen LogP contribution in [0.3, 0.4) is 0 Å². The molecule has 2 aliphatic rings. The van der Waals surface area contributed by atoms with Gasteiger partial charge < -0.3 is 15.5 Å². The van der Waals surface area contributed by atoms with Gasteiger partial charge in [-0.1, -0.05) is 15.9 Å². The Hall–Kier alpha value is -1.07. The van der Waals surface area contributed by atoms with Crippen LogP contribution in [0, 0.1) is 0 Å². The average Bonchev–Trinajstić information content (AvgIpc) is 2.39. The van der Waals surface area contributed by atoms with Crippen molar-refractivity contribution in [3.8, 4) is 0 Å². The number of nitrogens with one attached hydrogen (secondary N) is 2. The number of carbonyl (C=O) groups excluding carboxylic acids is 1. The molecule has 1 fully saturated rings. The number of anilines is 2. The summed E-state index contributed by atoms with van der Waals surface area (Å²) in [5.74, 6) is 0.161. The van der Waals surface area contributed by atoms with Crippen LogP contribution in [0.2, 0.25) is 0 Å². The molecule has 1 aromatic rings. The number of fused-ring (bicyclic) bond motifs is 1. The van der Waals surface area contributed by atoms with Crippen LogP contribution in [0.1, 0.15) is 12.8 Å². The Bertz CT molecular complexity index is 471. The number of rotatable bonds is 1. The molecule has 0 aromatic heterocycles. The summed E-state index contributed by atoms with van der Waals surface area (Å²) < 4.78 is 1.01. The Morgan fingerprint density at radius 1 is 1.39 bits per heavy atom. The van der Waals surface area contributed by atoms with Gasteiger partial charge in [-0.15, -0.1) is 0 Å². The van der Waals surface area contributed by atoms with E-state index in [2.05, 4.69) is 26.6 Å². The van der Waals surface area contributed by atoms with Gasteiger partial charge in [0.05, 0.1) is 17.9 Å². The van der Waals surface area contributed by atoms with Crippen molar-refractivity contribution in [3.63, 3.8) is 0 Å². The lowest BCUT2D eigenvalue weighted by atomic mass is 10.0. The lowest BCUT2D eigenvalue weighted by Gasteiger charge is -2.38. The molecule has 0 radical (unpaired) electrons. The van der Waals surface area contributed by atoms with Crippen molar-refractivity contribution in [1.82, 2.24) is 5.32 Å². The highest BCUT2D eigenvalue weighted by Crippen LogP contribution is 2.34. The van der Waals surface area contributed by atoms with Gasteiger partial charge in [0, 0.05) is 17.1 Å². The van der Waals surface area contributed by atoms with E-state index in [0.29, 0.717) is 6.54 Å². The van der Waals surface area contributed by atoms with Crippen molar-refractivity contribution >= 4 is 33.2 Å². The first-order valence-corrected chi connectivity index (χ1v) is 7.11. The summed E-state index contributed by atoms with van der Waals surface area (Å²) in [6, 6.07) is 6.32. The number of benzene rings is 1. The number of halogens is 1. The standard InChI is InChI=1S/C13H16BrN3O/c14-9-3-4-11-12(6-9)17(13(18)8-16-11)10-2-1-5-15-7-10/h3-4,6,10,15-16H,1-2,5,7-8H2. The molecule has 96 valence electrons. The number of carbonyl (C=O) groups is 1. The molecule has 0 spiro atoms. The minimum absolute atomic E-state index is 0.161. The second-order valence-electron chi connectivity index (χ2n) is 4.78. The van der Waals surface area contributed by atoms with Gasteiger partial charge in [0.25, 0.3) is 0 Å². The van der Waals surface area contributed by atoms with Crippen LogP contribution in [-0.2, 0) is 4.79 Å². The van der Waals surface area contributed by atoms with Gasteiger partial charge in [0.15, 0.2) is 0 Å². The summed E-state index contributed by atoms with van der Waals surface area (Å²) in [6.45, 7) is 2.34. The second kappa shape index (κ2) is 4.90. The first-order chi connectivity index (χ1) is 8.75. The minimum Gasteiger partial charge on any atom is -0.374 e. The van der Waals surface area contributed by atoms with Gasteiger partial charge in [0.1, 0.15) is 0 Å². The van der Waals surface area contributed by atoms with E-state index in [0.717, 1.165) is 41.8 Å². The van der Waals surface area contributed by atoms with Gasteiger partial charge in [-0.2, -0.15) is 0 Å². The zero-order valence-electron chi connectivity index (χ0n) is 10.1. The first-order valence-electron chi connectivity index (χ1n) is 6.32. The van der Waals surface area contributed by atoms with E-state index in [1.807, 2.05) is 23.1 Å². The van der Waals surface area contributed by atoms with Crippen molar-refractivity contribution < 1.29 is 4.79 Å². The maximum atomic E-state index is 12.2. The Kier molecular flexibility index (Phi) is 3.26. The molecule has 4 nitrogen and oxygen atoms in total. The van der Waals surface area contributed by atoms with Gasteiger partial charge in [-0.05, 0) is 37.6 Å². The highest BCUT2D eigenvalue weighted by molar-refractivity contribution is 9.10. The predicted octanol–water partition coefficient (Wildman–Crippen LogP) is 1.96.